The molecular formula is C14H18O6. The van der Waals surface area contributed by atoms with E-state index in [1.165, 1.54) is 7.11 Å². The molecule has 6 heteroatoms. The van der Waals surface area contributed by atoms with E-state index in [1.807, 2.05) is 6.07 Å². The van der Waals surface area contributed by atoms with Crippen LogP contribution in [-0.4, -0.2) is 52.8 Å². The highest BCUT2D eigenvalue weighted by Gasteiger charge is 2.46. The lowest BCUT2D eigenvalue weighted by atomic mass is 9.99. The summed E-state index contributed by atoms with van der Waals surface area (Å²) in [5.41, 5.74) is 0.701. The molecule has 0 bridgehead atoms. The summed E-state index contributed by atoms with van der Waals surface area (Å²) in [6, 6.07) is 8.92. The molecular weight excluding hydrogens is 264 g/mol. The lowest BCUT2D eigenvalue weighted by molar-refractivity contribution is -0.146. The zero-order valence-electron chi connectivity index (χ0n) is 11.0. The number of rotatable bonds is 4. The first-order valence-electron chi connectivity index (χ1n) is 6.36. The maximum Gasteiger partial charge on any atom is 0.308 e. The van der Waals surface area contributed by atoms with Gasteiger partial charge < -0.3 is 24.8 Å². The monoisotopic (exact) mass is 282 g/mol. The van der Waals surface area contributed by atoms with Crippen LogP contribution >= 0.6 is 0 Å². The Morgan fingerprint density at radius 2 is 1.95 bits per heavy atom. The summed E-state index contributed by atoms with van der Waals surface area (Å²) >= 11 is 0. The van der Waals surface area contributed by atoms with Gasteiger partial charge in [0.25, 0.3) is 0 Å². The summed E-state index contributed by atoms with van der Waals surface area (Å²) in [7, 11) is 1.21. The second-order valence-electron chi connectivity index (χ2n) is 4.76. The molecule has 0 aromatic heterocycles. The van der Waals surface area contributed by atoms with Gasteiger partial charge in [-0.05, 0) is 5.56 Å². The van der Waals surface area contributed by atoms with Gasteiger partial charge in [0.15, 0.2) is 0 Å². The van der Waals surface area contributed by atoms with Gasteiger partial charge >= 0.3 is 5.97 Å². The van der Waals surface area contributed by atoms with Gasteiger partial charge in [0.2, 0.25) is 0 Å². The topological polar surface area (TPSA) is 96.2 Å². The number of benzene rings is 1. The van der Waals surface area contributed by atoms with Crippen LogP contribution in [0.15, 0.2) is 30.3 Å². The van der Waals surface area contributed by atoms with E-state index in [1.54, 1.807) is 24.3 Å². The number of ether oxygens (including phenoxy) is 2. The van der Waals surface area contributed by atoms with Gasteiger partial charge in [-0.15, -0.1) is 0 Å². The predicted octanol–water partition coefficient (Wildman–Crippen LogP) is -0.228. The Balaban J connectivity index is 2.09. The third kappa shape index (κ3) is 2.99. The van der Waals surface area contributed by atoms with Gasteiger partial charge in [-0.1, -0.05) is 30.3 Å². The van der Waals surface area contributed by atoms with E-state index in [0.717, 1.165) is 0 Å². The molecule has 0 unspecified atom stereocenters. The highest BCUT2D eigenvalue weighted by molar-refractivity contribution is 5.69. The Morgan fingerprint density at radius 3 is 2.55 bits per heavy atom. The third-order valence-corrected chi connectivity index (χ3v) is 3.41. The quantitative estimate of drug-likeness (QED) is 0.660. The van der Waals surface area contributed by atoms with Crippen molar-refractivity contribution in [3.05, 3.63) is 35.9 Å². The molecule has 1 aromatic carbocycles. The van der Waals surface area contributed by atoms with E-state index in [0.29, 0.717) is 5.56 Å². The Morgan fingerprint density at radius 1 is 1.30 bits per heavy atom. The molecule has 1 aromatic rings. The molecule has 3 N–H and O–H groups in total. The van der Waals surface area contributed by atoms with Crippen molar-refractivity contribution in [1.29, 1.82) is 0 Å². The van der Waals surface area contributed by atoms with Gasteiger partial charge in [-0.3, -0.25) is 4.79 Å². The Hall–Kier alpha value is -1.47. The first kappa shape index (κ1) is 14.9. The first-order valence-corrected chi connectivity index (χ1v) is 6.36. The fourth-order valence-corrected chi connectivity index (χ4v) is 2.31. The van der Waals surface area contributed by atoms with Gasteiger partial charge in [-0.2, -0.15) is 0 Å². The zero-order chi connectivity index (χ0) is 14.7. The molecule has 0 spiro atoms. The van der Waals surface area contributed by atoms with Crippen molar-refractivity contribution in [2.75, 3.05) is 7.11 Å². The van der Waals surface area contributed by atoms with Gasteiger partial charge in [0.05, 0.1) is 19.6 Å². The SMILES string of the molecule is COC(=O)C[C@@H](O)[C@H]1O[C@@H](c2ccccc2)[C@@H](O)[C@@H]1O. The number of aliphatic hydroxyl groups excluding tert-OH is 3. The van der Waals surface area contributed by atoms with Crippen LogP contribution in [0.4, 0.5) is 0 Å². The third-order valence-electron chi connectivity index (χ3n) is 3.41. The molecule has 1 fully saturated rings. The van der Waals surface area contributed by atoms with Gasteiger partial charge in [0, 0.05) is 0 Å². The van der Waals surface area contributed by atoms with Crippen molar-refractivity contribution in [1.82, 2.24) is 0 Å². The number of carbonyl (C=O) groups is 1. The Labute approximate surface area is 116 Å². The van der Waals surface area contributed by atoms with Crippen LogP contribution in [0, 0.1) is 0 Å². The average molecular weight is 282 g/mol. The number of aliphatic hydroxyl groups is 3. The molecule has 6 nitrogen and oxygen atoms in total. The van der Waals surface area contributed by atoms with E-state index in [9.17, 15) is 20.1 Å². The molecule has 20 heavy (non-hydrogen) atoms. The van der Waals surface area contributed by atoms with Crippen LogP contribution in [0.2, 0.25) is 0 Å². The molecule has 1 saturated heterocycles. The van der Waals surface area contributed by atoms with Crippen LogP contribution in [-0.2, 0) is 14.3 Å². The van der Waals surface area contributed by atoms with Crippen LogP contribution in [0.25, 0.3) is 0 Å². The standard InChI is InChI=1S/C14H18O6/c1-19-10(16)7-9(15)14-12(18)11(17)13(20-14)8-5-3-2-4-6-8/h2-6,9,11-15,17-18H,7H2,1H3/t9-,11+,12+,13+,14-/m1/s1. The van der Waals surface area contributed by atoms with Crippen molar-refractivity contribution in [3.8, 4) is 0 Å². The van der Waals surface area contributed by atoms with E-state index in [2.05, 4.69) is 4.74 Å². The molecule has 2 rings (SSSR count). The molecule has 5 atom stereocenters. The number of methoxy groups -OCH3 is 1. The van der Waals surface area contributed by atoms with Crippen molar-refractivity contribution in [2.24, 2.45) is 0 Å². The minimum absolute atomic E-state index is 0.299. The maximum atomic E-state index is 11.1. The van der Waals surface area contributed by atoms with E-state index in [-0.39, 0.29) is 6.42 Å². The molecule has 1 aliphatic rings. The highest BCUT2D eigenvalue weighted by atomic mass is 16.6. The summed E-state index contributed by atoms with van der Waals surface area (Å²) in [6.45, 7) is 0. The zero-order valence-corrected chi connectivity index (χ0v) is 11.0. The summed E-state index contributed by atoms with van der Waals surface area (Å²) < 4.78 is 9.98. The van der Waals surface area contributed by atoms with E-state index < -0.39 is 36.5 Å². The summed E-state index contributed by atoms with van der Waals surface area (Å²) in [6.07, 6.45) is -5.72. The minimum atomic E-state index is -1.26. The van der Waals surface area contributed by atoms with Gasteiger partial charge in [-0.25, -0.2) is 0 Å². The first-order chi connectivity index (χ1) is 9.54. The van der Waals surface area contributed by atoms with E-state index >= 15 is 0 Å². The second kappa shape index (κ2) is 6.32. The van der Waals surface area contributed by atoms with E-state index in [4.69, 9.17) is 4.74 Å². The summed E-state index contributed by atoms with van der Waals surface area (Å²) in [4.78, 5) is 11.1. The fourth-order valence-electron chi connectivity index (χ4n) is 2.31. The number of hydrogen-bond donors (Lipinski definition) is 3. The highest BCUT2D eigenvalue weighted by Crippen LogP contribution is 2.35. The smallest absolute Gasteiger partial charge is 0.308 e. The maximum absolute atomic E-state index is 11.1. The number of carbonyl (C=O) groups excluding carboxylic acids is 1. The van der Waals surface area contributed by atoms with Crippen molar-refractivity contribution >= 4 is 5.97 Å². The predicted molar refractivity (Wildman–Crippen MR) is 68.7 cm³/mol. The Kier molecular flexibility index (Phi) is 4.72. The molecule has 1 heterocycles. The number of hydrogen-bond acceptors (Lipinski definition) is 6. The van der Waals surface area contributed by atoms with Gasteiger partial charge in [0.1, 0.15) is 24.4 Å². The fraction of sp³-hybridized carbons (Fsp3) is 0.500. The molecule has 0 amide bonds. The van der Waals surface area contributed by atoms with Crippen LogP contribution in [0.5, 0.6) is 0 Å². The molecule has 110 valence electrons. The molecule has 0 aliphatic carbocycles. The second-order valence-corrected chi connectivity index (χ2v) is 4.76. The molecule has 0 saturated carbocycles. The van der Waals surface area contributed by atoms with Crippen LogP contribution in [0.1, 0.15) is 18.1 Å². The largest absolute Gasteiger partial charge is 0.469 e. The van der Waals surface area contributed by atoms with Crippen molar-refractivity contribution in [2.45, 2.75) is 36.9 Å². The lowest BCUT2D eigenvalue weighted by Crippen LogP contribution is -2.39. The summed E-state index contributed by atoms with van der Waals surface area (Å²) in [5, 5.41) is 29.9. The van der Waals surface area contributed by atoms with Crippen molar-refractivity contribution in [3.63, 3.8) is 0 Å². The van der Waals surface area contributed by atoms with Crippen molar-refractivity contribution < 1.29 is 29.6 Å². The normalized spacial score (nSPS) is 31.0. The minimum Gasteiger partial charge on any atom is -0.469 e. The Bertz CT molecular complexity index is 448. The lowest BCUT2D eigenvalue weighted by Gasteiger charge is -2.20. The number of esters is 1. The summed E-state index contributed by atoms with van der Waals surface area (Å²) in [5.74, 6) is -0.606. The average Bonchev–Trinajstić information content (AvgIpc) is 2.76. The molecule has 1 aliphatic heterocycles. The van der Waals surface area contributed by atoms with Crippen LogP contribution < -0.4 is 0 Å². The van der Waals surface area contributed by atoms with Crippen LogP contribution in [0.3, 0.4) is 0 Å². The molecule has 0 radical (unpaired) electrons.